The van der Waals surface area contributed by atoms with Gasteiger partial charge in [-0.1, -0.05) is 30.3 Å². The predicted molar refractivity (Wildman–Crippen MR) is 71.5 cm³/mol. The first-order chi connectivity index (χ1) is 9.16. The molecule has 0 spiro atoms. The van der Waals surface area contributed by atoms with Crippen molar-refractivity contribution in [2.75, 3.05) is 13.2 Å². The van der Waals surface area contributed by atoms with Crippen molar-refractivity contribution in [3.05, 3.63) is 35.9 Å². The third-order valence-corrected chi connectivity index (χ3v) is 3.25. The van der Waals surface area contributed by atoms with Gasteiger partial charge in [0.25, 0.3) is 0 Å². The lowest BCUT2D eigenvalue weighted by atomic mass is 10.1. The number of benzene rings is 1. The molecule has 19 heavy (non-hydrogen) atoms. The van der Waals surface area contributed by atoms with Gasteiger partial charge >= 0.3 is 0 Å². The van der Waals surface area contributed by atoms with Gasteiger partial charge in [0.05, 0.1) is 18.8 Å². The van der Waals surface area contributed by atoms with Crippen LogP contribution in [0.2, 0.25) is 0 Å². The van der Waals surface area contributed by atoms with E-state index in [4.69, 9.17) is 4.74 Å². The molecule has 104 valence electrons. The van der Waals surface area contributed by atoms with E-state index in [0.717, 1.165) is 0 Å². The summed E-state index contributed by atoms with van der Waals surface area (Å²) in [4.78, 5) is 10.8. The number of ether oxygens (including phenoxy) is 1. The summed E-state index contributed by atoms with van der Waals surface area (Å²) in [7, 11) is 0. The number of aliphatic hydroxyl groups excluding tert-OH is 1. The average molecular weight is 264 g/mol. The van der Waals surface area contributed by atoms with Gasteiger partial charge in [-0.25, -0.2) is 0 Å². The Morgan fingerprint density at radius 3 is 2.84 bits per heavy atom. The van der Waals surface area contributed by atoms with E-state index in [1.807, 2.05) is 30.3 Å². The van der Waals surface area contributed by atoms with Crippen molar-refractivity contribution in [3.8, 4) is 0 Å². The van der Waals surface area contributed by atoms with E-state index in [2.05, 4.69) is 10.6 Å². The molecule has 3 N–H and O–H groups in total. The fourth-order valence-corrected chi connectivity index (χ4v) is 2.13. The summed E-state index contributed by atoms with van der Waals surface area (Å²) in [5.74, 6) is -0.114. The Morgan fingerprint density at radius 2 is 2.16 bits per heavy atom. The van der Waals surface area contributed by atoms with Gasteiger partial charge in [-0.05, 0) is 5.56 Å². The van der Waals surface area contributed by atoms with E-state index < -0.39 is 6.10 Å². The fraction of sp³-hybridized carbons (Fsp3) is 0.500. The summed E-state index contributed by atoms with van der Waals surface area (Å²) in [5, 5.41) is 16.0. The Hall–Kier alpha value is -1.43. The van der Waals surface area contributed by atoms with Crippen LogP contribution in [0.4, 0.5) is 0 Å². The van der Waals surface area contributed by atoms with Gasteiger partial charge in [-0.3, -0.25) is 4.79 Å². The van der Waals surface area contributed by atoms with Crippen LogP contribution in [0.3, 0.4) is 0 Å². The van der Waals surface area contributed by atoms with E-state index in [0.29, 0.717) is 19.7 Å². The zero-order valence-electron chi connectivity index (χ0n) is 11.0. The molecule has 0 radical (unpaired) electrons. The summed E-state index contributed by atoms with van der Waals surface area (Å²) in [6.45, 7) is 2.95. The summed E-state index contributed by atoms with van der Waals surface area (Å²) < 4.78 is 5.49. The van der Waals surface area contributed by atoms with Crippen LogP contribution in [-0.2, 0) is 16.1 Å². The van der Waals surface area contributed by atoms with Gasteiger partial charge in [0, 0.05) is 20.0 Å². The standard InChI is InChI=1S/C14H20N2O3/c1-10(17)15-8-13-14(18)12(9-19-13)16-7-11-5-3-2-4-6-11/h2-6,12-14,16,18H,7-9H2,1H3,(H,15,17)/t12-,13-,14+/m1/s1. The highest BCUT2D eigenvalue weighted by atomic mass is 16.5. The molecule has 1 heterocycles. The van der Waals surface area contributed by atoms with Gasteiger partial charge in [0.1, 0.15) is 6.10 Å². The van der Waals surface area contributed by atoms with Crippen molar-refractivity contribution in [1.82, 2.24) is 10.6 Å². The van der Waals surface area contributed by atoms with Crippen LogP contribution in [0, 0.1) is 0 Å². The highest BCUT2D eigenvalue weighted by molar-refractivity contribution is 5.72. The van der Waals surface area contributed by atoms with Gasteiger partial charge in [0.15, 0.2) is 0 Å². The molecular weight excluding hydrogens is 244 g/mol. The number of amides is 1. The molecule has 1 fully saturated rings. The minimum atomic E-state index is -0.601. The summed E-state index contributed by atoms with van der Waals surface area (Å²) in [6, 6.07) is 9.91. The molecule has 1 aliphatic heterocycles. The monoisotopic (exact) mass is 264 g/mol. The molecule has 3 atom stereocenters. The predicted octanol–water partition coefficient (Wildman–Crippen LogP) is 0.0406. The summed E-state index contributed by atoms with van der Waals surface area (Å²) in [6.07, 6.45) is -0.937. The van der Waals surface area contributed by atoms with Gasteiger partial charge in [-0.2, -0.15) is 0 Å². The highest BCUT2D eigenvalue weighted by Gasteiger charge is 2.35. The SMILES string of the molecule is CC(=O)NC[C@H]1OC[C@@H](NCc2ccccc2)[C@@H]1O. The second-order valence-corrected chi connectivity index (χ2v) is 4.77. The average Bonchev–Trinajstić information content (AvgIpc) is 2.76. The molecule has 5 nitrogen and oxygen atoms in total. The molecule has 1 aliphatic rings. The first-order valence-electron chi connectivity index (χ1n) is 6.48. The molecule has 1 aromatic rings. The molecule has 0 saturated carbocycles. The first-order valence-corrected chi connectivity index (χ1v) is 6.48. The molecule has 0 bridgehead atoms. The van der Waals surface area contributed by atoms with Crippen LogP contribution in [0.25, 0.3) is 0 Å². The minimum absolute atomic E-state index is 0.0982. The van der Waals surface area contributed by atoms with Crippen LogP contribution in [0.1, 0.15) is 12.5 Å². The first kappa shape index (κ1) is 14.0. The third kappa shape index (κ3) is 4.02. The van der Waals surface area contributed by atoms with E-state index in [-0.39, 0.29) is 18.1 Å². The van der Waals surface area contributed by atoms with Crippen LogP contribution in [0.15, 0.2) is 30.3 Å². The molecule has 0 aliphatic carbocycles. The molecule has 0 aromatic heterocycles. The van der Waals surface area contributed by atoms with Gasteiger partial charge in [-0.15, -0.1) is 0 Å². The van der Waals surface area contributed by atoms with Crippen molar-refractivity contribution in [3.63, 3.8) is 0 Å². The number of aliphatic hydroxyl groups is 1. The fourth-order valence-electron chi connectivity index (χ4n) is 2.13. The zero-order chi connectivity index (χ0) is 13.7. The van der Waals surface area contributed by atoms with Crippen LogP contribution in [0.5, 0.6) is 0 Å². The molecule has 1 aromatic carbocycles. The van der Waals surface area contributed by atoms with E-state index in [1.54, 1.807) is 0 Å². The lowest BCUT2D eigenvalue weighted by Gasteiger charge is -2.18. The molecule has 2 rings (SSSR count). The lowest BCUT2D eigenvalue weighted by molar-refractivity contribution is -0.119. The summed E-state index contributed by atoms with van der Waals surface area (Å²) >= 11 is 0. The Labute approximate surface area is 113 Å². The number of nitrogens with one attached hydrogen (secondary N) is 2. The molecular formula is C14H20N2O3. The van der Waals surface area contributed by atoms with Crippen molar-refractivity contribution in [1.29, 1.82) is 0 Å². The summed E-state index contributed by atoms with van der Waals surface area (Å²) in [5.41, 5.74) is 1.17. The third-order valence-electron chi connectivity index (χ3n) is 3.25. The number of carbonyl (C=O) groups excluding carboxylic acids is 1. The van der Waals surface area contributed by atoms with Crippen molar-refractivity contribution in [2.45, 2.75) is 31.7 Å². The number of carbonyl (C=O) groups is 1. The molecule has 1 saturated heterocycles. The van der Waals surface area contributed by atoms with Crippen LogP contribution >= 0.6 is 0 Å². The van der Waals surface area contributed by atoms with Crippen molar-refractivity contribution in [2.24, 2.45) is 0 Å². The quantitative estimate of drug-likeness (QED) is 0.702. The van der Waals surface area contributed by atoms with Gasteiger partial charge < -0.3 is 20.5 Å². The smallest absolute Gasteiger partial charge is 0.216 e. The van der Waals surface area contributed by atoms with Crippen molar-refractivity contribution < 1.29 is 14.6 Å². The number of rotatable bonds is 5. The molecule has 1 amide bonds. The second kappa shape index (κ2) is 6.65. The van der Waals surface area contributed by atoms with Crippen LogP contribution in [-0.4, -0.2) is 42.4 Å². The maximum atomic E-state index is 10.8. The number of hydrogen-bond acceptors (Lipinski definition) is 4. The number of hydrogen-bond donors (Lipinski definition) is 3. The maximum absolute atomic E-state index is 10.8. The highest BCUT2D eigenvalue weighted by Crippen LogP contribution is 2.14. The van der Waals surface area contributed by atoms with Crippen molar-refractivity contribution >= 4 is 5.91 Å². The van der Waals surface area contributed by atoms with Crippen LogP contribution < -0.4 is 10.6 Å². The molecule has 5 heteroatoms. The lowest BCUT2D eigenvalue weighted by Crippen LogP contribution is -2.44. The molecule has 0 unspecified atom stereocenters. The van der Waals surface area contributed by atoms with E-state index >= 15 is 0 Å². The Balaban J connectivity index is 1.78. The normalized spacial score (nSPS) is 26.3. The Kier molecular flexibility index (Phi) is 4.90. The topological polar surface area (TPSA) is 70.6 Å². The van der Waals surface area contributed by atoms with Gasteiger partial charge in [0.2, 0.25) is 5.91 Å². The zero-order valence-corrected chi connectivity index (χ0v) is 11.0. The van der Waals surface area contributed by atoms with E-state index in [9.17, 15) is 9.90 Å². The second-order valence-electron chi connectivity index (χ2n) is 4.77. The maximum Gasteiger partial charge on any atom is 0.216 e. The minimum Gasteiger partial charge on any atom is -0.389 e. The largest absolute Gasteiger partial charge is 0.389 e. The Morgan fingerprint density at radius 1 is 1.42 bits per heavy atom. The Bertz CT molecular complexity index is 410. The van der Waals surface area contributed by atoms with E-state index in [1.165, 1.54) is 12.5 Å².